The number of rotatable bonds is 1. The lowest BCUT2D eigenvalue weighted by Crippen LogP contribution is -1.80. The number of aryl methyl sites for hydroxylation is 1. The van der Waals surface area contributed by atoms with Gasteiger partial charge in [0.05, 0.1) is 0 Å². The number of benzene rings is 1. The predicted octanol–water partition coefficient (Wildman–Crippen LogP) is 3.93. The maximum atomic E-state index is 5.67. The second-order valence-corrected chi connectivity index (χ2v) is 4.80. The third-order valence-electron chi connectivity index (χ3n) is 1.76. The van der Waals surface area contributed by atoms with Gasteiger partial charge in [-0.1, -0.05) is 28.1 Å². The van der Waals surface area contributed by atoms with Crippen LogP contribution in [0.15, 0.2) is 22.7 Å². The molecule has 0 spiro atoms. The second kappa shape index (κ2) is 3.96. The third-order valence-corrected chi connectivity index (χ3v) is 3.43. The minimum Gasteiger partial charge on any atom is -0.205 e. The summed E-state index contributed by atoms with van der Waals surface area (Å²) in [6.45, 7) is 2.04. The van der Waals surface area contributed by atoms with E-state index in [4.69, 9.17) is 11.6 Å². The van der Waals surface area contributed by atoms with Gasteiger partial charge in [-0.25, -0.2) is 4.98 Å². The van der Waals surface area contributed by atoms with Gasteiger partial charge >= 0.3 is 0 Å². The lowest BCUT2D eigenvalue weighted by Gasteiger charge is -2.00. The van der Waals surface area contributed by atoms with E-state index in [1.807, 2.05) is 25.1 Å². The van der Waals surface area contributed by atoms with Crippen LogP contribution >= 0.6 is 39.1 Å². The summed E-state index contributed by atoms with van der Waals surface area (Å²) in [4.78, 5) is 4.11. The van der Waals surface area contributed by atoms with Crippen molar-refractivity contribution in [2.75, 3.05) is 0 Å². The van der Waals surface area contributed by atoms with E-state index in [2.05, 4.69) is 25.3 Å². The molecule has 0 bridgehead atoms. The summed E-state index contributed by atoms with van der Waals surface area (Å²) in [7, 11) is 0. The van der Waals surface area contributed by atoms with Crippen molar-refractivity contribution < 1.29 is 0 Å². The average molecular weight is 290 g/mol. The van der Waals surface area contributed by atoms with E-state index in [9.17, 15) is 0 Å². The molecule has 0 aliphatic carbocycles. The minimum atomic E-state index is 0.303. The van der Waals surface area contributed by atoms with Crippen molar-refractivity contribution in [3.8, 4) is 10.6 Å². The quantitative estimate of drug-likeness (QED) is 0.795. The lowest BCUT2D eigenvalue weighted by atomic mass is 10.2. The van der Waals surface area contributed by atoms with Gasteiger partial charge in [0.25, 0.3) is 0 Å². The minimum absolute atomic E-state index is 0.303. The highest BCUT2D eigenvalue weighted by molar-refractivity contribution is 9.10. The van der Waals surface area contributed by atoms with Crippen LogP contribution in [0.1, 0.15) is 5.56 Å². The van der Waals surface area contributed by atoms with E-state index >= 15 is 0 Å². The van der Waals surface area contributed by atoms with Crippen molar-refractivity contribution in [1.29, 1.82) is 0 Å². The highest BCUT2D eigenvalue weighted by atomic mass is 79.9. The Morgan fingerprint density at radius 2 is 2.21 bits per heavy atom. The van der Waals surface area contributed by atoms with E-state index in [1.54, 1.807) is 0 Å². The van der Waals surface area contributed by atoms with E-state index in [1.165, 1.54) is 17.1 Å². The molecule has 0 aliphatic heterocycles. The number of aromatic nitrogens is 2. The molecule has 0 aliphatic rings. The molecule has 0 fully saturated rings. The Labute approximate surface area is 99.2 Å². The van der Waals surface area contributed by atoms with Gasteiger partial charge in [-0.05, 0) is 41.7 Å². The molecule has 0 N–H and O–H groups in total. The molecule has 0 saturated heterocycles. The van der Waals surface area contributed by atoms with Crippen LogP contribution in [-0.2, 0) is 0 Å². The molecule has 0 saturated carbocycles. The first-order valence-electron chi connectivity index (χ1n) is 3.92. The molecule has 1 aromatic carbocycles. The predicted molar refractivity (Wildman–Crippen MR) is 62.8 cm³/mol. The topological polar surface area (TPSA) is 25.8 Å². The summed E-state index contributed by atoms with van der Waals surface area (Å²) in [5.41, 5.74) is 2.23. The second-order valence-electron chi connectivity index (χ2n) is 2.85. The van der Waals surface area contributed by atoms with E-state index in [0.717, 1.165) is 15.0 Å². The molecule has 2 rings (SSSR count). The molecular weight excluding hydrogens is 284 g/mol. The van der Waals surface area contributed by atoms with Crippen LogP contribution in [0.3, 0.4) is 0 Å². The van der Waals surface area contributed by atoms with Gasteiger partial charge < -0.3 is 0 Å². The van der Waals surface area contributed by atoms with Crippen LogP contribution in [0, 0.1) is 6.92 Å². The van der Waals surface area contributed by atoms with Gasteiger partial charge in [0.15, 0.2) is 0 Å². The highest BCUT2D eigenvalue weighted by Crippen LogP contribution is 2.30. The number of hydrogen-bond donors (Lipinski definition) is 0. The monoisotopic (exact) mass is 288 g/mol. The molecule has 5 heteroatoms. The van der Waals surface area contributed by atoms with Crippen molar-refractivity contribution in [3.63, 3.8) is 0 Å². The van der Waals surface area contributed by atoms with Crippen molar-refractivity contribution in [2.45, 2.75) is 6.92 Å². The Balaban J connectivity index is 2.52. The summed E-state index contributed by atoms with van der Waals surface area (Å²) in [6.07, 6.45) is 0. The molecule has 14 heavy (non-hydrogen) atoms. The Morgan fingerprint density at radius 1 is 1.43 bits per heavy atom. The standard InChI is InChI=1S/C9H6BrClN2S/c1-5-2-3-6(7(10)4-5)8-12-9(11)13-14-8/h2-4H,1H3. The molecule has 0 radical (unpaired) electrons. The van der Waals surface area contributed by atoms with Gasteiger partial charge in [0.2, 0.25) is 5.28 Å². The fourth-order valence-corrected chi connectivity index (χ4v) is 2.77. The van der Waals surface area contributed by atoms with Crippen LogP contribution in [-0.4, -0.2) is 9.36 Å². The first kappa shape index (κ1) is 10.1. The van der Waals surface area contributed by atoms with Gasteiger partial charge in [-0.2, -0.15) is 4.37 Å². The Bertz CT molecular complexity index is 470. The van der Waals surface area contributed by atoms with E-state index < -0.39 is 0 Å². The molecule has 0 unspecified atom stereocenters. The molecule has 1 aromatic heterocycles. The first-order valence-corrected chi connectivity index (χ1v) is 5.87. The van der Waals surface area contributed by atoms with Crippen molar-refractivity contribution in [2.24, 2.45) is 0 Å². The zero-order valence-corrected chi connectivity index (χ0v) is 10.4. The maximum Gasteiger partial charge on any atom is 0.234 e. The van der Waals surface area contributed by atoms with Crippen LogP contribution < -0.4 is 0 Å². The molecule has 2 nitrogen and oxygen atoms in total. The molecular formula is C9H6BrClN2S. The average Bonchev–Trinajstić information content (AvgIpc) is 2.51. The van der Waals surface area contributed by atoms with Gasteiger partial charge in [0.1, 0.15) is 5.01 Å². The zero-order chi connectivity index (χ0) is 10.1. The van der Waals surface area contributed by atoms with Crippen LogP contribution in [0.5, 0.6) is 0 Å². The van der Waals surface area contributed by atoms with Crippen molar-refractivity contribution >= 4 is 39.1 Å². The van der Waals surface area contributed by atoms with Crippen LogP contribution in [0.25, 0.3) is 10.6 Å². The van der Waals surface area contributed by atoms with Gasteiger partial charge in [-0.3, -0.25) is 0 Å². The van der Waals surface area contributed by atoms with Crippen LogP contribution in [0.4, 0.5) is 0 Å². The normalized spacial score (nSPS) is 10.5. The summed E-state index contributed by atoms with van der Waals surface area (Å²) in [5.74, 6) is 0. The smallest absolute Gasteiger partial charge is 0.205 e. The first-order chi connectivity index (χ1) is 6.66. The van der Waals surface area contributed by atoms with Crippen LogP contribution in [0.2, 0.25) is 5.28 Å². The molecule has 72 valence electrons. The molecule has 0 atom stereocenters. The van der Waals surface area contributed by atoms with Crippen molar-refractivity contribution in [1.82, 2.24) is 9.36 Å². The largest absolute Gasteiger partial charge is 0.234 e. The summed E-state index contributed by atoms with van der Waals surface area (Å²) >= 11 is 10.5. The van der Waals surface area contributed by atoms with Gasteiger partial charge in [-0.15, -0.1) is 0 Å². The van der Waals surface area contributed by atoms with E-state index in [-0.39, 0.29) is 0 Å². The highest BCUT2D eigenvalue weighted by Gasteiger charge is 2.08. The maximum absolute atomic E-state index is 5.67. The molecule has 2 aromatic rings. The fourth-order valence-electron chi connectivity index (χ4n) is 1.11. The summed E-state index contributed by atoms with van der Waals surface area (Å²) in [6, 6.07) is 6.09. The SMILES string of the molecule is Cc1ccc(-c2nc(Cl)ns2)c(Br)c1. The number of halogens is 2. The zero-order valence-electron chi connectivity index (χ0n) is 7.29. The van der Waals surface area contributed by atoms with E-state index in [0.29, 0.717) is 5.28 Å². The summed E-state index contributed by atoms with van der Waals surface area (Å²) in [5, 5.41) is 1.14. The Hall–Kier alpha value is -0.450. The number of hydrogen-bond acceptors (Lipinski definition) is 3. The molecule has 1 heterocycles. The molecule has 0 amide bonds. The Morgan fingerprint density at radius 3 is 2.79 bits per heavy atom. The Kier molecular flexibility index (Phi) is 2.85. The van der Waals surface area contributed by atoms with Gasteiger partial charge in [0, 0.05) is 10.0 Å². The summed E-state index contributed by atoms with van der Waals surface area (Å²) < 4.78 is 4.95. The third kappa shape index (κ3) is 1.97. The fraction of sp³-hybridized carbons (Fsp3) is 0.111. The van der Waals surface area contributed by atoms with Crippen molar-refractivity contribution in [3.05, 3.63) is 33.5 Å². The lowest BCUT2D eigenvalue weighted by molar-refractivity contribution is 1.32. The number of nitrogens with zero attached hydrogens (tertiary/aromatic N) is 2.